The van der Waals surface area contributed by atoms with Crippen molar-refractivity contribution in [2.45, 2.75) is 19.8 Å². The van der Waals surface area contributed by atoms with Crippen LogP contribution in [0.3, 0.4) is 0 Å². The van der Waals surface area contributed by atoms with E-state index in [-0.39, 0.29) is 18.3 Å². The number of rotatable bonds is 3. The van der Waals surface area contributed by atoms with Crippen molar-refractivity contribution < 1.29 is 9.32 Å². The Kier molecular flexibility index (Phi) is 5.91. The summed E-state index contributed by atoms with van der Waals surface area (Å²) in [5.74, 6) is 0.170. The summed E-state index contributed by atoms with van der Waals surface area (Å²) in [7, 11) is 0. The number of nitrogens with one attached hydrogen (secondary N) is 1. The van der Waals surface area contributed by atoms with Gasteiger partial charge in [-0.2, -0.15) is 0 Å². The lowest BCUT2D eigenvalue weighted by Crippen LogP contribution is -2.46. The largest absolute Gasteiger partial charge is 0.344 e. The predicted octanol–water partition coefficient (Wildman–Crippen LogP) is 1.42. The van der Waals surface area contributed by atoms with E-state index in [0.29, 0.717) is 18.1 Å². The molecule has 0 radical (unpaired) electrons. The van der Waals surface area contributed by atoms with Crippen LogP contribution in [0, 0.1) is 6.92 Å². The van der Waals surface area contributed by atoms with Crippen LogP contribution in [0.2, 0.25) is 5.22 Å². The number of aromatic nitrogens is 1. The van der Waals surface area contributed by atoms with Crippen LogP contribution < -0.4 is 5.32 Å². The van der Waals surface area contributed by atoms with Gasteiger partial charge in [-0.25, -0.2) is 0 Å². The molecule has 2 heterocycles. The molecule has 102 valence electrons. The topological polar surface area (TPSA) is 58.4 Å². The first kappa shape index (κ1) is 15.3. The molecule has 0 atom stereocenters. The summed E-state index contributed by atoms with van der Waals surface area (Å²) in [5, 5.41) is 7.28. The van der Waals surface area contributed by atoms with Crippen LogP contribution in [-0.4, -0.2) is 42.1 Å². The Morgan fingerprint density at radius 1 is 1.50 bits per heavy atom. The SMILES string of the molecule is Cc1noc(Cl)c1CCC(=O)N1CCNCC1.Cl. The molecule has 1 aromatic heterocycles. The summed E-state index contributed by atoms with van der Waals surface area (Å²) in [6.07, 6.45) is 1.05. The summed E-state index contributed by atoms with van der Waals surface area (Å²) in [6, 6.07) is 0. The zero-order chi connectivity index (χ0) is 12.3. The fourth-order valence-electron chi connectivity index (χ4n) is 1.94. The van der Waals surface area contributed by atoms with Gasteiger partial charge in [-0.1, -0.05) is 5.16 Å². The first-order chi connectivity index (χ1) is 8.18. The number of carbonyl (C=O) groups excluding carboxylic acids is 1. The number of aryl methyl sites for hydroxylation is 1. The molecule has 7 heteroatoms. The molecule has 0 aromatic carbocycles. The lowest BCUT2D eigenvalue weighted by Gasteiger charge is -2.27. The highest BCUT2D eigenvalue weighted by Gasteiger charge is 2.18. The van der Waals surface area contributed by atoms with E-state index in [1.54, 1.807) is 0 Å². The van der Waals surface area contributed by atoms with Crippen LogP contribution in [0.5, 0.6) is 0 Å². The highest BCUT2D eigenvalue weighted by atomic mass is 35.5. The van der Waals surface area contributed by atoms with Gasteiger partial charge in [-0.3, -0.25) is 4.79 Å². The van der Waals surface area contributed by atoms with Crippen LogP contribution >= 0.6 is 24.0 Å². The van der Waals surface area contributed by atoms with Gasteiger partial charge in [-0.15, -0.1) is 12.4 Å². The van der Waals surface area contributed by atoms with Crippen molar-refractivity contribution in [3.05, 3.63) is 16.5 Å². The number of carbonyl (C=O) groups is 1. The van der Waals surface area contributed by atoms with Crippen LogP contribution in [0.1, 0.15) is 17.7 Å². The smallest absolute Gasteiger partial charge is 0.229 e. The summed E-state index contributed by atoms with van der Waals surface area (Å²) in [6.45, 7) is 5.15. The summed E-state index contributed by atoms with van der Waals surface area (Å²) in [4.78, 5) is 13.8. The van der Waals surface area contributed by atoms with Crippen LogP contribution in [0.15, 0.2) is 4.52 Å². The molecule has 1 amide bonds. The predicted molar refractivity (Wildman–Crippen MR) is 71.3 cm³/mol. The Balaban J connectivity index is 0.00000162. The molecule has 0 saturated carbocycles. The Morgan fingerprint density at radius 3 is 2.72 bits per heavy atom. The van der Waals surface area contributed by atoms with Gasteiger partial charge in [0.25, 0.3) is 0 Å². The van der Waals surface area contributed by atoms with E-state index in [1.807, 2.05) is 11.8 Å². The Labute approximate surface area is 117 Å². The molecule has 2 rings (SSSR count). The molecule has 1 aliphatic heterocycles. The Hall–Kier alpha value is -0.780. The number of hydrogen-bond donors (Lipinski definition) is 1. The van der Waals surface area contributed by atoms with E-state index >= 15 is 0 Å². The third-order valence-electron chi connectivity index (χ3n) is 3.00. The lowest BCUT2D eigenvalue weighted by atomic mass is 10.1. The van der Waals surface area contributed by atoms with Crippen molar-refractivity contribution >= 4 is 29.9 Å². The maximum Gasteiger partial charge on any atom is 0.229 e. The molecule has 0 bridgehead atoms. The van der Waals surface area contributed by atoms with Gasteiger partial charge in [0.1, 0.15) is 0 Å². The van der Waals surface area contributed by atoms with E-state index in [1.165, 1.54) is 0 Å². The minimum Gasteiger partial charge on any atom is -0.344 e. The number of halogens is 2. The molecule has 5 nitrogen and oxygen atoms in total. The lowest BCUT2D eigenvalue weighted by molar-refractivity contribution is -0.131. The first-order valence-electron chi connectivity index (χ1n) is 5.77. The average Bonchev–Trinajstić information content (AvgIpc) is 2.67. The molecule has 0 spiro atoms. The molecular formula is C11H17Cl2N3O2. The second-order valence-electron chi connectivity index (χ2n) is 4.15. The molecule has 1 saturated heterocycles. The summed E-state index contributed by atoms with van der Waals surface area (Å²) in [5.41, 5.74) is 1.61. The monoisotopic (exact) mass is 293 g/mol. The highest BCUT2D eigenvalue weighted by molar-refractivity contribution is 6.29. The van der Waals surface area contributed by atoms with Crippen molar-refractivity contribution in [3.8, 4) is 0 Å². The standard InChI is InChI=1S/C11H16ClN3O2.ClH/c1-8-9(11(12)17-14-8)2-3-10(16)15-6-4-13-5-7-15;/h13H,2-7H2,1H3;1H. The third-order valence-corrected chi connectivity index (χ3v) is 3.29. The summed E-state index contributed by atoms with van der Waals surface area (Å²) >= 11 is 5.85. The second kappa shape index (κ2) is 6.97. The normalized spacial score (nSPS) is 15.3. The van der Waals surface area contributed by atoms with E-state index in [2.05, 4.69) is 10.5 Å². The molecule has 18 heavy (non-hydrogen) atoms. The van der Waals surface area contributed by atoms with Crippen molar-refractivity contribution in [1.29, 1.82) is 0 Å². The van der Waals surface area contributed by atoms with Gasteiger partial charge in [0, 0.05) is 38.2 Å². The second-order valence-corrected chi connectivity index (χ2v) is 4.49. The molecule has 1 fully saturated rings. The van der Waals surface area contributed by atoms with Crippen LogP contribution in [-0.2, 0) is 11.2 Å². The zero-order valence-electron chi connectivity index (χ0n) is 10.2. The summed E-state index contributed by atoms with van der Waals surface area (Å²) < 4.78 is 4.85. The maximum absolute atomic E-state index is 11.9. The molecule has 1 N–H and O–H groups in total. The Morgan fingerprint density at radius 2 is 2.17 bits per heavy atom. The molecule has 0 unspecified atom stereocenters. The number of piperazine rings is 1. The minimum atomic E-state index is 0. The van der Waals surface area contributed by atoms with Crippen molar-refractivity contribution in [2.24, 2.45) is 0 Å². The fraction of sp³-hybridized carbons (Fsp3) is 0.636. The Bertz CT molecular complexity index is 383. The van der Waals surface area contributed by atoms with Crippen molar-refractivity contribution in [1.82, 2.24) is 15.4 Å². The average molecular weight is 294 g/mol. The molecule has 1 aliphatic rings. The van der Waals surface area contributed by atoms with Gasteiger partial charge >= 0.3 is 0 Å². The fourth-order valence-corrected chi connectivity index (χ4v) is 2.21. The van der Waals surface area contributed by atoms with E-state index < -0.39 is 0 Å². The van der Waals surface area contributed by atoms with E-state index in [4.69, 9.17) is 16.1 Å². The van der Waals surface area contributed by atoms with Crippen molar-refractivity contribution in [3.63, 3.8) is 0 Å². The number of amides is 1. The highest BCUT2D eigenvalue weighted by Crippen LogP contribution is 2.20. The number of hydrogen-bond acceptors (Lipinski definition) is 4. The van der Waals surface area contributed by atoms with Crippen LogP contribution in [0.25, 0.3) is 0 Å². The van der Waals surface area contributed by atoms with Crippen LogP contribution in [0.4, 0.5) is 0 Å². The molecular weight excluding hydrogens is 277 g/mol. The quantitative estimate of drug-likeness (QED) is 0.916. The first-order valence-corrected chi connectivity index (χ1v) is 6.15. The van der Waals surface area contributed by atoms with Gasteiger partial charge in [-0.05, 0) is 24.9 Å². The van der Waals surface area contributed by atoms with Crippen molar-refractivity contribution in [2.75, 3.05) is 26.2 Å². The third kappa shape index (κ3) is 3.60. The molecule has 1 aromatic rings. The van der Waals surface area contributed by atoms with Gasteiger partial charge in [0.15, 0.2) is 0 Å². The zero-order valence-corrected chi connectivity index (χ0v) is 11.8. The van der Waals surface area contributed by atoms with E-state index in [9.17, 15) is 4.79 Å². The molecule has 0 aliphatic carbocycles. The van der Waals surface area contributed by atoms with Gasteiger partial charge in [0.2, 0.25) is 11.1 Å². The number of nitrogens with zero attached hydrogens (tertiary/aromatic N) is 2. The minimum absolute atomic E-state index is 0. The van der Waals surface area contributed by atoms with E-state index in [0.717, 1.165) is 37.4 Å². The maximum atomic E-state index is 11.9. The van der Waals surface area contributed by atoms with Gasteiger partial charge < -0.3 is 14.7 Å². The van der Waals surface area contributed by atoms with Gasteiger partial charge in [0.05, 0.1) is 5.69 Å².